The molecule has 4 nitrogen and oxygen atoms in total. The van der Waals surface area contributed by atoms with Crippen molar-refractivity contribution < 1.29 is 9.53 Å². The van der Waals surface area contributed by atoms with Crippen LogP contribution in [0.1, 0.15) is 33.6 Å². The molecule has 2 N–H and O–H groups in total. The van der Waals surface area contributed by atoms with E-state index in [4.69, 9.17) is 10.5 Å². The molecule has 0 aromatic heterocycles. The number of nitrogens with zero attached hydrogens (tertiary/aromatic N) is 1. The van der Waals surface area contributed by atoms with Crippen molar-refractivity contribution in [1.29, 1.82) is 0 Å². The van der Waals surface area contributed by atoms with Crippen molar-refractivity contribution in [2.75, 3.05) is 20.3 Å². The molecule has 90 valence electrons. The van der Waals surface area contributed by atoms with Gasteiger partial charge in [-0.25, -0.2) is 0 Å². The molecule has 0 rings (SSSR count). The van der Waals surface area contributed by atoms with Gasteiger partial charge in [0.15, 0.2) is 0 Å². The van der Waals surface area contributed by atoms with Gasteiger partial charge in [-0.05, 0) is 20.3 Å². The van der Waals surface area contributed by atoms with Crippen molar-refractivity contribution in [2.24, 2.45) is 5.73 Å². The highest BCUT2D eigenvalue weighted by molar-refractivity contribution is 5.81. The van der Waals surface area contributed by atoms with Crippen LogP contribution in [0, 0.1) is 0 Å². The number of carbonyl (C=O) groups excluding carboxylic acids is 1. The van der Waals surface area contributed by atoms with E-state index in [0.29, 0.717) is 13.2 Å². The average Bonchev–Trinajstić information content (AvgIpc) is 2.18. The second-order valence-corrected chi connectivity index (χ2v) is 4.01. The number of hydrogen-bond acceptors (Lipinski definition) is 3. The molecule has 0 aliphatic rings. The van der Waals surface area contributed by atoms with Gasteiger partial charge in [0.2, 0.25) is 5.91 Å². The Labute approximate surface area is 92.8 Å². The number of amides is 1. The van der Waals surface area contributed by atoms with Gasteiger partial charge in [0, 0.05) is 19.7 Å². The summed E-state index contributed by atoms with van der Waals surface area (Å²) >= 11 is 0. The fourth-order valence-electron chi connectivity index (χ4n) is 1.46. The van der Waals surface area contributed by atoms with E-state index in [9.17, 15) is 4.79 Å². The van der Waals surface area contributed by atoms with Crippen LogP contribution in [0.3, 0.4) is 0 Å². The molecule has 15 heavy (non-hydrogen) atoms. The zero-order chi connectivity index (χ0) is 11.8. The molecule has 0 spiro atoms. The summed E-state index contributed by atoms with van der Waals surface area (Å²) in [7, 11) is 1.63. The lowest BCUT2D eigenvalue weighted by molar-refractivity contribution is -0.135. The first kappa shape index (κ1) is 14.4. The Morgan fingerprint density at radius 1 is 1.47 bits per heavy atom. The highest BCUT2D eigenvalue weighted by Gasteiger charge is 2.21. The molecular weight excluding hydrogens is 192 g/mol. The molecule has 0 unspecified atom stereocenters. The molecule has 4 heteroatoms. The summed E-state index contributed by atoms with van der Waals surface area (Å²) in [5, 5.41) is 0. The third-order valence-electron chi connectivity index (χ3n) is 2.36. The molecule has 1 amide bonds. The van der Waals surface area contributed by atoms with E-state index in [0.717, 1.165) is 12.8 Å². The van der Waals surface area contributed by atoms with Crippen molar-refractivity contribution in [3.05, 3.63) is 0 Å². The van der Waals surface area contributed by atoms with Crippen LogP contribution in [0.2, 0.25) is 0 Å². The predicted molar refractivity (Wildman–Crippen MR) is 61.6 cm³/mol. The minimum absolute atomic E-state index is 0.0314. The maximum atomic E-state index is 11.9. The molecule has 1 atom stereocenters. The first-order chi connectivity index (χ1) is 7.04. The molecule has 0 saturated carbocycles. The van der Waals surface area contributed by atoms with E-state index < -0.39 is 0 Å². The number of carbonyl (C=O) groups is 1. The lowest BCUT2D eigenvalue weighted by Crippen LogP contribution is -2.48. The molecule has 0 saturated heterocycles. The number of hydrogen-bond donors (Lipinski definition) is 1. The molecular formula is C11H24N2O2. The van der Waals surface area contributed by atoms with Gasteiger partial charge < -0.3 is 15.4 Å². The molecule has 0 aliphatic heterocycles. The molecule has 0 aromatic rings. The standard InChI is InChI=1S/C11H24N2O2/c1-5-6-10(12)11(14)13(9(2)3)7-8-15-4/h9-10H,5-8,12H2,1-4H3/t10-/m1/s1. The topological polar surface area (TPSA) is 55.6 Å². The van der Waals surface area contributed by atoms with Crippen molar-refractivity contribution in [3.63, 3.8) is 0 Å². The summed E-state index contributed by atoms with van der Waals surface area (Å²) in [5.41, 5.74) is 5.81. The maximum Gasteiger partial charge on any atom is 0.239 e. The van der Waals surface area contributed by atoms with E-state index >= 15 is 0 Å². The van der Waals surface area contributed by atoms with Gasteiger partial charge in [-0.2, -0.15) is 0 Å². The monoisotopic (exact) mass is 216 g/mol. The van der Waals surface area contributed by atoms with Crippen LogP contribution < -0.4 is 5.73 Å². The van der Waals surface area contributed by atoms with Gasteiger partial charge >= 0.3 is 0 Å². The first-order valence-electron chi connectivity index (χ1n) is 5.59. The Bertz CT molecular complexity index is 183. The predicted octanol–water partition coefficient (Wildman–Crippen LogP) is 0.997. The zero-order valence-corrected chi connectivity index (χ0v) is 10.3. The van der Waals surface area contributed by atoms with Crippen LogP contribution in [0.15, 0.2) is 0 Å². The van der Waals surface area contributed by atoms with Crippen LogP contribution in [0.4, 0.5) is 0 Å². The molecule has 0 bridgehead atoms. The Hall–Kier alpha value is -0.610. The number of rotatable bonds is 7. The van der Waals surface area contributed by atoms with Gasteiger partial charge in [0.25, 0.3) is 0 Å². The summed E-state index contributed by atoms with van der Waals surface area (Å²) < 4.78 is 4.98. The summed E-state index contributed by atoms with van der Waals surface area (Å²) in [6.07, 6.45) is 1.68. The smallest absolute Gasteiger partial charge is 0.239 e. The quantitative estimate of drug-likeness (QED) is 0.690. The minimum Gasteiger partial charge on any atom is -0.383 e. The molecule has 0 aliphatic carbocycles. The minimum atomic E-state index is -0.366. The first-order valence-corrected chi connectivity index (χ1v) is 5.59. The third kappa shape index (κ3) is 5.14. The van der Waals surface area contributed by atoms with Crippen molar-refractivity contribution >= 4 is 5.91 Å². The van der Waals surface area contributed by atoms with Crippen molar-refractivity contribution in [2.45, 2.75) is 45.7 Å². The summed E-state index contributed by atoms with van der Waals surface area (Å²) in [6, 6.07) is -0.190. The summed E-state index contributed by atoms with van der Waals surface area (Å²) in [5.74, 6) is 0.0314. The number of ether oxygens (including phenoxy) is 1. The van der Waals surface area contributed by atoms with Crippen LogP contribution >= 0.6 is 0 Å². The lowest BCUT2D eigenvalue weighted by atomic mass is 10.1. The Kier molecular flexibility index (Phi) is 7.34. The second kappa shape index (κ2) is 7.65. The van der Waals surface area contributed by atoms with E-state index in [-0.39, 0.29) is 18.0 Å². The Balaban J connectivity index is 4.27. The van der Waals surface area contributed by atoms with Gasteiger partial charge in [-0.1, -0.05) is 13.3 Å². The van der Waals surface area contributed by atoms with E-state index in [1.54, 1.807) is 12.0 Å². The largest absolute Gasteiger partial charge is 0.383 e. The SMILES string of the molecule is CCC[C@@H](N)C(=O)N(CCOC)C(C)C. The zero-order valence-electron chi connectivity index (χ0n) is 10.3. The number of nitrogens with two attached hydrogens (primary N) is 1. The molecule has 0 radical (unpaired) electrons. The van der Waals surface area contributed by atoms with Gasteiger partial charge in [-0.15, -0.1) is 0 Å². The van der Waals surface area contributed by atoms with Crippen LogP contribution in [0.5, 0.6) is 0 Å². The Morgan fingerprint density at radius 3 is 2.47 bits per heavy atom. The molecule has 0 heterocycles. The van der Waals surface area contributed by atoms with Crippen molar-refractivity contribution in [3.8, 4) is 0 Å². The van der Waals surface area contributed by atoms with Crippen LogP contribution in [0.25, 0.3) is 0 Å². The van der Waals surface area contributed by atoms with E-state index in [2.05, 4.69) is 0 Å². The third-order valence-corrected chi connectivity index (χ3v) is 2.36. The lowest BCUT2D eigenvalue weighted by Gasteiger charge is -2.29. The fourth-order valence-corrected chi connectivity index (χ4v) is 1.46. The van der Waals surface area contributed by atoms with Crippen molar-refractivity contribution in [1.82, 2.24) is 4.90 Å². The van der Waals surface area contributed by atoms with Gasteiger partial charge in [0.05, 0.1) is 12.6 Å². The van der Waals surface area contributed by atoms with E-state index in [1.807, 2.05) is 20.8 Å². The summed E-state index contributed by atoms with van der Waals surface area (Å²) in [4.78, 5) is 13.7. The average molecular weight is 216 g/mol. The normalized spacial score (nSPS) is 12.9. The fraction of sp³-hybridized carbons (Fsp3) is 0.909. The maximum absolute atomic E-state index is 11.9. The van der Waals surface area contributed by atoms with Crippen LogP contribution in [-0.4, -0.2) is 43.2 Å². The van der Waals surface area contributed by atoms with Gasteiger partial charge in [-0.3, -0.25) is 4.79 Å². The molecule has 0 aromatic carbocycles. The highest BCUT2D eigenvalue weighted by atomic mass is 16.5. The summed E-state index contributed by atoms with van der Waals surface area (Å²) in [6.45, 7) is 7.19. The molecule has 0 fully saturated rings. The number of methoxy groups -OCH3 is 1. The highest BCUT2D eigenvalue weighted by Crippen LogP contribution is 2.04. The second-order valence-electron chi connectivity index (χ2n) is 4.01. The van der Waals surface area contributed by atoms with E-state index in [1.165, 1.54) is 0 Å². The van der Waals surface area contributed by atoms with Crippen LogP contribution in [-0.2, 0) is 9.53 Å². The van der Waals surface area contributed by atoms with Gasteiger partial charge in [0.1, 0.15) is 0 Å². The Morgan fingerprint density at radius 2 is 2.07 bits per heavy atom.